The van der Waals surface area contributed by atoms with Crippen LogP contribution in [0.1, 0.15) is 123 Å². The molecule has 0 aliphatic rings. The standard InChI is InChI=1S/C28H58NO6P/c1-6-7-8-9-10-11-12-13-14-15-16-17-18-19-20-21-22-28(25-33-27(2)30)26-35-36(31,32)34-24-23-29(3,4)5/h28H,6-26H2,1-5H3. The summed E-state index contributed by atoms with van der Waals surface area (Å²) < 4.78 is 27.8. The van der Waals surface area contributed by atoms with Crippen molar-refractivity contribution in [1.29, 1.82) is 0 Å². The average Bonchev–Trinajstić information content (AvgIpc) is 2.78. The maximum atomic E-state index is 12.1. The number of phosphoric ester groups is 1. The molecule has 0 aromatic heterocycles. The van der Waals surface area contributed by atoms with Gasteiger partial charge in [-0.15, -0.1) is 0 Å². The predicted octanol–water partition coefficient (Wildman–Crippen LogP) is 7.03. The first-order chi connectivity index (χ1) is 17.1. The fourth-order valence-electron chi connectivity index (χ4n) is 4.09. The number of carbonyl (C=O) groups is 1. The van der Waals surface area contributed by atoms with Gasteiger partial charge in [0.05, 0.1) is 34.4 Å². The summed E-state index contributed by atoms with van der Waals surface area (Å²) in [5.41, 5.74) is 0. The van der Waals surface area contributed by atoms with Gasteiger partial charge in [0.1, 0.15) is 13.2 Å². The second-order valence-electron chi connectivity index (χ2n) is 11.4. The largest absolute Gasteiger partial charge is 0.756 e. The van der Waals surface area contributed by atoms with Crippen molar-refractivity contribution >= 4 is 13.8 Å². The van der Waals surface area contributed by atoms with Crippen molar-refractivity contribution in [2.24, 2.45) is 5.92 Å². The van der Waals surface area contributed by atoms with Gasteiger partial charge in [0, 0.05) is 12.8 Å². The van der Waals surface area contributed by atoms with Crippen molar-refractivity contribution in [3.63, 3.8) is 0 Å². The molecule has 0 spiro atoms. The highest BCUT2D eigenvalue weighted by molar-refractivity contribution is 7.45. The van der Waals surface area contributed by atoms with Crippen LogP contribution < -0.4 is 4.89 Å². The third kappa shape index (κ3) is 26.6. The van der Waals surface area contributed by atoms with Crippen LogP contribution in [-0.2, 0) is 23.1 Å². The van der Waals surface area contributed by atoms with Crippen molar-refractivity contribution in [2.45, 2.75) is 123 Å². The summed E-state index contributed by atoms with van der Waals surface area (Å²) in [7, 11) is 1.54. The van der Waals surface area contributed by atoms with Crippen LogP contribution in [0.2, 0.25) is 0 Å². The van der Waals surface area contributed by atoms with Crippen LogP contribution in [0.4, 0.5) is 0 Å². The number of rotatable bonds is 26. The molecule has 0 saturated carbocycles. The summed E-state index contributed by atoms with van der Waals surface area (Å²) in [6.07, 6.45) is 21.8. The molecule has 0 aromatic carbocycles. The molecule has 0 rings (SSSR count). The number of unbranched alkanes of at least 4 members (excludes halogenated alkanes) is 15. The fourth-order valence-corrected chi connectivity index (χ4v) is 4.86. The average molecular weight is 536 g/mol. The zero-order valence-corrected chi connectivity index (χ0v) is 25.2. The van der Waals surface area contributed by atoms with Gasteiger partial charge < -0.3 is 23.2 Å². The third-order valence-corrected chi connectivity index (χ3v) is 7.43. The van der Waals surface area contributed by atoms with E-state index in [2.05, 4.69) is 6.92 Å². The van der Waals surface area contributed by atoms with Gasteiger partial charge in [-0.25, -0.2) is 0 Å². The number of hydrogen-bond donors (Lipinski definition) is 0. The van der Waals surface area contributed by atoms with Crippen LogP contribution in [0.25, 0.3) is 0 Å². The number of phosphoric acid groups is 1. The van der Waals surface area contributed by atoms with Gasteiger partial charge in [-0.3, -0.25) is 9.36 Å². The Morgan fingerprint density at radius 3 is 1.61 bits per heavy atom. The van der Waals surface area contributed by atoms with E-state index in [0.717, 1.165) is 19.3 Å². The van der Waals surface area contributed by atoms with Gasteiger partial charge in [-0.2, -0.15) is 0 Å². The van der Waals surface area contributed by atoms with Crippen LogP contribution in [0.5, 0.6) is 0 Å². The predicted molar refractivity (Wildman–Crippen MR) is 147 cm³/mol. The highest BCUT2D eigenvalue weighted by Crippen LogP contribution is 2.39. The van der Waals surface area contributed by atoms with E-state index in [1.54, 1.807) is 0 Å². The van der Waals surface area contributed by atoms with Crippen molar-refractivity contribution in [3.05, 3.63) is 0 Å². The molecule has 0 fully saturated rings. The number of likely N-dealkylation sites (N-methyl/N-ethyl adjacent to an activating group) is 1. The Kier molecular flexibility index (Phi) is 22.2. The van der Waals surface area contributed by atoms with E-state index >= 15 is 0 Å². The summed E-state index contributed by atoms with van der Waals surface area (Å²) in [4.78, 5) is 23.3. The SMILES string of the molecule is CCCCCCCCCCCCCCCCCCC(COC(C)=O)COP(=O)([O-])OCC[N+](C)(C)C. The molecule has 0 bridgehead atoms. The van der Waals surface area contributed by atoms with Gasteiger partial charge >= 0.3 is 5.97 Å². The van der Waals surface area contributed by atoms with Crippen LogP contribution in [0, 0.1) is 5.92 Å². The Labute approximate surface area is 222 Å². The first-order valence-electron chi connectivity index (χ1n) is 14.6. The van der Waals surface area contributed by atoms with E-state index < -0.39 is 7.82 Å². The molecule has 8 heteroatoms. The topological polar surface area (TPSA) is 84.9 Å². The Balaban J connectivity index is 3.85. The van der Waals surface area contributed by atoms with Gasteiger partial charge in [0.15, 0.2) is 0 Å². The van der Waals surface area contributed by atoms with Crippen LogP contribution in [0.3, 0.4) is 0 Å². The molecule has 36 heavy (non-hydrogen) atoms. The lowest BCUT2D eigenvalue weighted by Crippen LogP contribution is -2.37. The zero-order valence-electron chi connectivity index (χ0n) is 24.3. The summed E-state index contributed by atoms with van der Waals surface area (Å²) in [6.45, 7) is 4.43. The molecule has 7 nitrogen and oxygen atoms in total. The Bertz CT molecular complexity index is 567. The quantitative estimate of drug-likeness (QED) is 0.0512. The molecule has 0 aromatic rings. The molecular weight excluding hydrogens is 477 g/mol. The summed E-state index contributed by atoms with van der Waals surface area (Å²) >= 11 is 0. The van der Waals surface area contributed by atoms with E-state index in [0.29, 0.717) is 11.0 Å². The maximum Gasteiger partial charge on any atom is 0.302 e. The molecule has 216 valence electrons. The van der Waals surface area contributed by atoms with E-state index in [9.17, 15) is 14.3 Å². The number of ether oxygens (including phenoxy) is 1. The minimum atomic E-state index is -4.36. The molecule has 2 unspecified atom stereocenters. The number of nitrogens with zero attached hydrogens (tertiary/aromatic N) is 1. The fraction of sp³-hybridized carbons (Fsp3) is 0.964. The molecule has 2 atom stereocenters. The van der Waals surface area contributed by atoms with Crippen molar-refractivity contribution in [2.75, 3.05) is 47.5 Å². The van der Waals surface area contributed by atoms with E-state index in [4.69, 9.17) is 13.8 Å². The number of carbonyl (C=O) groups excluding carboxylic acids is 1. The van der Waals surface area contributed by atoms with Gasteiger partial charge in [0.25, 0.3) is 7.82 Å². The second kappa shape index (κ2) is 22.5. The molecule has 0 aliphatic heterocycles. The van der Waals surface area contributed by atoms with Gasteiger partial charge in [-0.05, 0) is 6.42 Å². The molecule has 0 aliphatic carbocycles. The minimum Gasteiger partial charge on any atom is -0.756 e. The van der Waals surface area contributed by atoms with Crippen LogP contribution in [0.15, 0.2) is 0 Å². The summed E-state index contributed by atoms with van der Waals surface area (Å²) in [5.74, 6) is -0.513. The maximum absolute atomic E-state index is 12.1. The molecule has 0 amide bonds. The molecule has 0 N–H and O–H groups in total. The highest BCUT2D eigenvalue weighted by atomic mass is 31.2. The minimum absolute atomic E-state index is 0.0167. The van der Waals surface area contributed by atoms with Crippen LogP contribution >= 0.6 is 7.82 Å². The molecular formula is C28H58NO6P. The highest BCUT2D eigenvalue weighted by Gasteiger charge is 2.18. The number of quaternary nitrogens is 1. The summed E-state index contributed by atoms with van der Waals surface area (Å²) in [6, 6.07) is 0. The van der Waals surface area contributed by atoms with E-state index in [1.165, 1.54) is 96.8 Å². The van der Waals surface area contributed by atoms with Gasteiger partial charge in [-0.1, -0.05) is 110 Å². The van der Waals surface area contributed by atoms with E-state index in [1.807, 2.05) is 21.1 Å². The lowest BCUT2D eigenvalue weighted by molar-refractivity contribution is -0.870. The van der Waals surface area contributed by atoms with Gasteiger partial charge in [0.2, 0.25) is 0 Å². The monoisotopic (exact) mass is 535 g/mol. The van der Waals surface area contributed by atoms with Crippen molar-refractivity contribution in [3.8, 4) is 0 Å². The lowest BCUT2D eigenvalue weighted by Gasteiger charge is -2.28. The van der Waals surface area contributed by atoms with Crippen molar-refractivity contribution in [1.82, 2.24) is 0 Å². The smallest absolute Gasteiger partial charge is 0.302 e. The first-order valence-corrected chi connectivity index (χ1v) is 16.1. The second-order valence-corrected chi connectivity index (χ2v) is 12.8. The number of hydrogen-bond acceptors (Lipinski definition) is 6. The number of esters is 1. The Morgan fingerprint density at radius 1 is 0.750 bits per heavy atom. The molecule has 0 heterocycles. The third-order valence-electron chi connectivity index (χ3n) is 6.47. The summed E-state index contributed by atoms with van der Waals surface area (Å²) in [5, 5.41) is 0. The Hall–Kier alpha value is -0.460. The van der Waals surface area contributed by atoms with E-state index in [-0.39, 0.29) is 31.7 Å². The van der Waals surface area contributed by atoms with Crippen molar-refractivity contribution < 1.29 is 32.5 Å². The first kappa shape index (κ1) is 35.5. The zero-order chi connectivity index (χ0) is 27.1. The lowest BCUT2D eigenvalue weighted by atomic mass is 10.0. The normalized spacial score (nSPS) is 14.5. The van der Waals surface area contributed by atoms with Crippen LogP contribution in [-0.4, -0.2) is 58.0 Å². The molecule has 0 saturated heterocycles. The molecule has 0 radical (unpaired) electrons. The Morgan fingerprint density at radius 2 is 1.19 bits per heavy atom.